The van der Waals surface area contributed by atoms with E-state index in [-0.39, 0.29) is 67.5 Å². The number of ether oxygens (including phenoxy) is 5. The number of imide groups is 1. The monoisotopic (exact) mass is 1020 g/mol. The van der Waals surface area contributed by atoms with Gasteiger partial charge in [0.2, 0.25) is 5.75 Å². The van der Waals surface area contributed by atoms with Crippen LogP contribution in [0.4, 0.5) is 5.69 Å². The van der Waals surface area contributed by atoms with Crippen molar-refractivity contribution in [3.8, 4) is 45.6 Å². The summed E-state index contributed by atoms with van der Waals surface area (Å²) in [6, 6.07) is 16.0. The molecule has 7 N–H and O–H groups in total. The number of benzene rings is 4. The Labute approximate surface area is 438 Å². The minimum atomic E-state index is -1.07. The molecule has 3 fully saturated rings. The molecule has 5 aliphatic carbocycles. The number of phenolic OH excluding ortho intramolecular Hbond substituents is 1. The van der Waals surface area contributed by atoms with Crippen LogP contribution in [0.25, 0.3) is 11.1 Å². The Bertz CT molecular complexity index is 2900. The van der Waals surface area contributed by atoms with Crippen LogP contribution in [0.15, 0.2) is 60.7 Å². The topological polar surface area (TPSA) is 201 Å². The van der Waals surface area contributed by atoms with Gasteiger partial charge in [0.25, 0.3) is 11.8 Å². The molecule has 0 aromatic heterocycles. The number of likely N-dealkylation sites (N-methyl/N-ethyl adjacent to an activating group) is 1. The van der Waals surface area contributed by atoms with Gasteiger partial charge in [0.1, 0.15) is 30.6 Å². The molecule has 75 heavy (non-hydrogen) atoms. The maximum Gasteiger partial charge on any atom is 0.254 e. The Morgan fingerprint density at radius 3 is 2.45 bits per heavy atom. The Morgan fingerprint density at radius 2 is 1.68 bits per heavy atom. The Morgan fingerprint density at radius 1 is 0.893 bits per heavy atom. The van der Waals surface area contributed by atoms with Crippen molar-refractivity contribution in [2.75, 3.05) is 65.7 Å². The SMILES string of the molecule is CCNCOc1cc(OCCNC)c2c3c1C(O)Nc1cc4c(c(c1-3)CC2)C(O)C(c1cc(OC)c(O)c(OCC(CO)C23CC(C5(N6C(=O)C=CC6=O)CCCCC5)CC5CCC(CC52)c2ccccc23)c1)CO4. The zero-order chi connectivity index (χ0) is 51.8. The first kappa shape index (κ1) is 50.0. The van der Waals surface area contributed by atoms with Crippen molar-refractivity contribution in [1.82, 2.24) is 15.5 Å². The van der Waals surface area contributed by atoms with Crippen molar-refractivity contribution in [3.63, 3.8) is 0 Å². The molecule has 3 saturated carbocycles. The number of carbonyl (C=O) groups is 2. The van der Waals surface area contributed by atoms with E-state index in [0.717, 1.165) is 80.0 Å². The third kappa shape index (κ3) is 8.00. The average molecular weight is 1030 g/mol. The zero-order valence-electron chi connectivity index (χ0n) is 43.4. The van der Waals surface area contributed by atoms with Gasteiger partial charge in [-0.2, -0.15) is 0 Å². The highest BCUT2D eigenvalue weighted by Gasteiger charge is 2.63. The summed E-state index contributed by atoms with van der Waals surface area (Å²) in [5, 5.41) is 57.9. The van der Waals surface area contributed by atoms with Crippen molar-refractivity contribution in [1.29, 1.82) is 0 Å². The first-order chi connectivity index (χ1) is 36.5. The average Bonchev–Trinajstić information content (AvgIpc) is 3.78. The van der Waals surface area contributed by atoms with Gasteiger partial charge in [-0.05, 0) is 129 Å². The number of fused-ring (bicyclic) bond motifs is 6. The minimum Gasteiger partial charge on any atom is -0.502 e. The number of nitrogens with zero attached hydrogens (tertiary/aromatic N) is 1. The second-order valence-corrected chi connectivity index (χ2v) is 22.5. The molecule has 15 heteroatoms. The summed E-state index contributed by atoms with van der Waals surface area (Å²) in [5.41, 5.74) is 7.63. The predicted octanol–water partition coefficient (Wildman–Crippen LogP) is 7.81. The molecule has 0 spiro atoms. The molecule has 8 aliphatic rings. The van der Waals surface area contributed by atoms with E-state index in [1.807, 2.05) is 26.1 Å². The summed E-state index contributed by atoms with van der Waals surface area (Å²) in [7, 11) is 3.37. The maximum atomic E-state index is 13.7. The van der Waals surface area contributed by atoms with Gasteiger partial charge in [0.05, 0.1) is 44.1 Å². The van der Waals surface area contributed by atoms with Crippen molar-refractivity contribution >= 4 is 17.5 Å². The van der Waals surface area contributed by atoms with Gasteiger partial charge in [-0.25, -0.2) is 0 Å². The van der Waals surface area contributed by atoms with Gasteiger partial charge in [-0.1, -0.05) is 50.5 Å². The van der Waals surface area contributed by atoms with Crippen LogP contribution in [0.1, 0.15) is 134 Å². The summed E-state index contributed by atoms with van der Waals surface area (Å²) in [5.74, 6) is 1.48. The zero-order valence-corrected chi connectivity index (χ0v) is 43.4. The Kier molecular flexibility index (Phi) is 13.3. The second-order valence-electron chi connectivity index (χ2n) is 22.5. The standard InChI is InChI=1S/C60H72N4O11/c1-4-62-32-75-47-27-45(72-21-20-61-2)39-14-15-40-52-44(63-58(70)55(47)54(39)52)26-46-53(40)56(68)41(31-74-46)35-24-48(71-3)57(69)49(25-35)73-30-37(29-65)60-28-36(59(18-8-5-9-19-59)64-50(66)16-17-51(64)67)22-34-13-12-33(23-43(34)60)38-10-6-7-11-42(38)60/h6-7,10-11,16-17,24-27,33-34,36-37,41,43,56,58,61-63,65,68-70H,4-5,8-9,12-15,18-23,28-32H2,1-3H3. The number of rotatable bonds is 17. The summed E-state index contributed by atoms with van der Waals surface area (Å²) in [4.78, 5) is 29.1. The number of amides is 2. The minimum absolute atomic E-state index is 0.0186. The van der Waals surface area contributed by atoms with Gasteiger partial charge in [0, 0.05) is 76.0 Å². The van der Waals surface area contributed by atoms with Crippen LogP contribution >= 0.6 is 0 Å². The van der Waals surface area contributed by atoms with Gasteiger partial charge in [-0.3, -0.25) is 19.8 Å². The molecule has 4 aromatic carbocycles. The second kappa shape index (κ2) is 19.9. The third-order valence-electron chi connectivity index (χ3n) is 19.1. The summed E-state index contributed by atoms with van der Waals surface area (Å²) < 4.78 is 31.9. The van der Waals surface area contributed by atoms with Crippen LogP contribution in [-0.2, 0) is 27.8 Å². The molecule has 0 saturated heterocycles. The number of aliphatic hydroxyl groups is 3. The lowest BCUT2D eigenvalue weighted by Crippen LogP contribution is -2.64. The first-order valence-corrected chi connectivity index (χ1v) is 27.6. The molecular weight excluding hydrogens is 953 g/mol. The fourth-order valence-electron chi connectivity index (χ4n) is 15.9. The van der Waals surface area contributed by atoms with E-state index in [1.165, 1.54) is 30.4 Å². The quantitative estimate of drug-likeness (QED) is 0.0307. The third-order valence-corrected chi connectivity index (χ3v) is 19.1. The molecule has 2 bridgehead atoms. The van der Waals surface area contributed by atoms with Crippen LogP contribution in [0.2, 0.25) is 0 Å². The van der Waals surface area contributed by atoms with E-state index in [4.69, 9.17) is 23.7 Å². The number of carbonyl (C=O) groups excluding carboxylic acids is 2. The molecule has 398 valence electrons. The smallest absolute Gasteiger partial charge is 0.254 e. The van der Waals surface area contributed by atoms with E-state index in [1.54, 1.807) is 17.0 Å². The Balaban J connectivity index is 0.894. The van der Waals surface area contributed by atoms with Crippen molar-refractivity contribution < 1.29 is 53.7 Å². The van der Waals surface area contributed by atoms with E-state index in [9.17, 15) is 30.0 Å². The molecule has 4 aromatic rings. The van der Waals surface area contributed by atoms with E-state index in [0.29, 0.717) is 90.4 Å². The summed E-state index contributed by atoms with van der Waals surface area (Å²) >= 11 is 0. The van der Waals surface area contributed by atoms with Gasteiger partial charge < -0.3 is 54.7 Å². The van der Waals surface area contributed by atoms with E-state index < -0.39 is 35.1 Å². The highest BCUT2D eigenvalue weighted by atomic mass is 16.5. The van der Waals surface area contributed by atoms with Crippen LogP contribution in [0.3, 0.4) is 0 Å². The molecule has 15 nitrogen and oxygen atoms in total. The highest BCUT2D eigenvalue weighted by Crippen LogP contribution is 2.67. The molecule has 9 atom stereocenters. The molecule has 2 amide bonds. The van der Waals surface area contributed by atoms with Gasteiger partial charge in [0.15, 0.2) is 17.7 Å². The lowest BCUT2D eigenvalue weighted by Gasteiger charge is -2.64. The Hall–Kier alpha value is -5.84. The van der Waals surface area contributed by atoms with E-state index >= 15 is 0 Å². The number of methoxy groups -OCH3 is 1. The number of anilines is 1. The van der Waals surface area contributed by atoms with Crippen LogP contribution in [-0.4, -0.2) is 103 Å². The molecule has 9 unspecified atom stereocenters. The number of hydrogen-bond donors (Lipinski definition) is 7. The summed E-state index contributed by atoms with van der Waals surface area (Å²) in [6.45, 7) is 4.05. The van der Waals surface area contributed by atoms with Crippen LogP contribution in [0.5, 0.6) is 34.5 Å². The van der Waals surface area contributed by atoms with Crippen molar-refractivity contribution in [3.05, 3.63) is 99.6 Å². The van der Waals surface area contributed by atoms with Gasteiger partial charge in [-0.15, -0.1) is 0 Å². The van der Waals surface area contributed by atoms with Gasteiger partial charge >= 0.3 is 0 Å². The lowest BCUT2D eigenvalue weighted by atomic mass is 9.42. The maximum absolute atomic E-state index is 13.7. The number of nitrogens with one attached hydrogen (secondary N) is 3. The summed E-state index contributed by atoms with van der Waals surface area (Å²) in [6.07, 6.45) is 11.2. The highest BCUT2D eigenvalue weighted by molar-refractivity contribution is 6.13. The lowest BCUT2D eigenvalue weighted by molar-refractivity contribution is -0.154. The van der Waals surface area contributed by atoms with Crippen molar-refractivity contribution in [2.24, 2.45) is 23.7 Å². The molecule has 3 heterocycles. The number of aromatic hydroxyl groups is 1. The normalized spacial score (nSPS) is 27.8. The molecular formula is C60H72N4O11. The number of aliphatic hydroxyl groups excluding tert-OH is 3. The predicted molar refractivity (Wildman–Crippen MR) is 282 cm³/mol. The fourth-order valence-corrected chi connectivity index (χ4v) is 15.9. The van der Waals surface area contributed by atoms with Crippen molar-refractivity contribution in [2.45, 2.75) is 119 Å². The fraction of sp³-hybridized carbons (Fsp3) is 0.533. The molecule has 3 aliphatic heterocycles. The van der Waals surface area contributed by atoms with Crippen LogP contribution < -0.4 is 39.6 Å². The number of hydrogen-bond acceptors (Lipinski definition) is 14. The number of phenols is 1. The first-order valence-electron chi connectivity index (χ1n) is 27.6. The molecule has 0 radical (unpaired) electrons. The van der Waals surface area contributed by atoms with E-state index in [2.05, 4.69) is 40.2 Å². The molecule has 12 rings (SSSR count). The largest absolute Gasteiger partial charge is 0.502 e. The van der Waals surface area contributed by atoms with Crippen LogP contribution in [0, 0.1) is 23.7 Å².